The Morgan fingerprint density at radius 1 is 1.00 bits per heavy atom. The lowest BCUT2D eigenvalue weighted by atomic mass is 9.85. The molecule has 0 unspecified atom stereocenters. The third-order valence-corrected chi connectivity index (χ3v) is 8.23. The maximum Gasteiger partial charge on any atom is 0.295 e. The molecule has 0 heterocycles. The molecule has 2 aromatic rings. The summed E-state index contributed by atoms with van der Waals surface area (Å²) in [7, 11) is -4.53. The van der Waals surface area contributed by atoms with Gasteiger partial charge in [0.2, 0.25) is 0 Å². The van der Waals surface area contributed by atoms with Gasteiger partial charge in [-0.25, -0.2) is 0 Å². The molecule has 0 atom stereocenters. The molecule has 2 aromatic carbocycles. The van der Waals surface area contributed by atoms with Crippen molar-refractivity contribution in [2.24, 2.45) is 0 Å². The van der Waals surface area contributed by atoms with E-state index < -0.39 is 10.1 Å². The average Bonchev–Trinajstić information content (AvgIpc) is 2.69. The van der Waals surface area contributed by atoms with Crippen LogP contribution in [0.2, 0.25) is 0 Å². The summed E-state index contributed by atoms with van der Waals surface area (Å²) in [4.78, 5) is 11.8. The predicted octanol–water partition coefficient (Wildman–Crippen LogP) is 6.08. The molecule has 0 bridgehead atoms. The first-order valence-corrected chi connectivity index (χ1v) is 12.3. The lowest BCUT2D eigenvalue weighted by Gasteiger charge is -2.22. The second-order valence-corrected chi connectivity index (χ2v) is 10.4. The van der Waals surface area contributed by atoms with Crippen molar-refractivity contribution in [1.82, 2.24) is 0 Å². The number of phenols is 1. The van der Waals surface area contributed by atoms with Gasteiger partial charge in [0.15, 0.2) is 5.78 Å². The lowest BCUT2D eigenvalue weighted by Crippen LogP contribution is -2.09. The van der Waals surface area contributed by atoms with Gasteiger partial charge in [0.05, 0.1) is 13.4 Å². The van der Waals surface area contributed by atoms with Crippen molar-refractivity contribution in [3.63, 3.8) is 0 Å². The van der Waals surface area contributed by atoms with E-state index in [4.69, 9.17) is 0 Å². The fraction of sp³-hybridized carbons (Fsp3) is 0.0952. The van der Waals surface area contributed by atoms with Crippen molar-refractivity contribution in [1.29, 1.82) is 0 Å². The Bertz CT molecular complexity index is 1290. The molecule has 30 heavy (non-hydrogen) atoms. The van der Waals surface area contributed by atoms with Gasteiger partial charge in [-0.3, -0.25) is 9.35 Å². The van der Waals surface area contributed by atoms with E-state index in [9.17, 15) is 22.9 Å². The standard InChI is InChI=1S/C21H15Br3O5S/c1-10-12(7-8-16(25)19(10)23)18(13-5-3-4-6-17(13)30(27,28)29)14-9-15(22)21(26)20(24)11(14)2/h3-9,26H,1-2H3,(H,27,28,29). The highest BCUT2D eigenvalue weighted by Gasteiger charge is 2.26. The van der Waals surface area contributed by atoms with Crippen LogP contribution >= 0.6 is 47.8 Å². The van der Waals surface area contributed by atoms with E-state index in [2.05, 4.69) is 47.8 Å². The minimum Gasteiger partial charge on any atom is -0.506 e. The van der Waals surface area contributed by atoms with Crippen LogP contribution in [0.1, 0.15) is 23.6 Å². The highest BCUT2D eigenvalue weighted by molar-refractivity contribution is 9.12. The Morgan fingerprint density at radius 2 is 1.63 bits per heavy atom. The van der Waals surface area contributed by atoms with Gasteiger partial charge >= 0.3 is 0 Å². The average molecular weight is 619 g/mol. The van der Waals surface area contributed by atoms with E-state index in [0.29, 0.717) is 41.3 Å². The maximum atomic E-state index is 12.1. The Kier molecular flexibility index (Phi) is 6.60. The summed E-state index contributed by atoms with van der Waals surface area (Å²) >= 11 is 10.0. The Morgan fingerprint density at radius 3 is 2.27 bits per heavy atom. The molecular formula is C21H15Br3O5S. The molecule has 0 radical (unpaired) electrons. The zero-order valence-electron chi connectivity index (χ0n) is 15.7. The van der Waals surface area contributed by atoms with Gasteiger partial charge in [-0.2, -0.15) is 8.42 Å². The fourth-order valence-electron chi connectivity index (χ4n) is 3.23. The molecule has 1 aliphatic carbocycles. The van der Waals surface area contributed by atoms with Gasteiger partial charge in [0, 0.05) is 5.56 Å². The van der Waals surface area contributed by atoms with Gasteiger partial charge in [-0.15, -0.1) is 0 Å². The molecule has 156 valence electrons. The number of carbonyl (C=O) groups excluding carboxylic acids is 1. The van der Waals surface area contributed by atoms with E-state index in [1.54, 1.807) is 38.1 Å². The molecule has 0 saturated heterocycles. The number of carbonyl (C=O) groups is 1. The topological polar surface area (TPSA) is 91.7 Å². The van der Waals surface area contributed by atoms with Crippen molar-refractivity contribution >= 4 is 69.3 Å². The number of ketones is 1. The minimum atomic E-state index is -4.53. The summed E-state index contributed by atoms with van der Waals surface area (Å²) in [5.41, 5.74) is 3.22. The number of allylic oxidation sites excluding steroid dienone is 5. The molecular weight excluding hydrogens is 604 g/mol. The van der Waals surface area contributed by atoms with E-state index in [1.807, 2.05) is 0 Å². The molecule has 5 nitrogen and oxygen atoms in total. The fourth-order valence-corrected chi connectivity index (χ4v) is 5.39. The maximum absolute atomic E-state index is 12.1. The van der Waals surface area contributed by atoms with Gasteiger partial charge in [0.25, 0.3) is 10.1 Å². The third-order valence-electron chi connectivity index (χ3n) is 4.76. The lowest BCUT2D eigenvalue weighted by molar-refractivity contribution is -0.110. The van der Waals surface area contributed by atoms with E-state index in [0.717, 1.165) is 0 Å². The zero-order chi connectivity index (χ0) is 22.4. The summed E-state index contributed by atoms with van der Waals surface area (Å²) in [6.45, 7) is 3.52. The van der Waals surface area contributed by atoms with Crippen LogP contribution in [0.3, 0.4) is 0 Å². The van der Waals surface area contributed by atoms with Gasteiger partial charge in [0.1, 0.15) is 10.6 Å². The summed E-state index contributed by atoms with van der Waals surface area (Å²) in [5, 5.41) is 10.3. The van der Waals surface area contributed by atoms with Gasteiger partial charge in [-0.1, -0.05) is 24.3 Å². The third kappa shape index (κ3) is 4.13. The highest BCUT2D eigenvalue weighted by atomic mass is 79.9. The van der Waals surface area contributed by atoms with Gasteiger partial charge < -0.3 is 5.11 Å². The molecule has 0 aliphatic heterocycles. The monoisotopic (exact) mass is 616 g/mol. The molecule has 3 rings (SSSR count). The minimum absolute atomic E-state index is 0.00599. The summed E-state index contributed by atoms with van der Waals surface area (Å²) in [6.07, 6.45) is 3.01. The van der Waals surface area contributed by atoms with Crippen molar-refractivity contribution < 1.29 is 22.9 Å². The molecule has 9 heteroatoms. The van der Waals surface area contributed by atoms with Crippen LogP contribution in [0, 0.1) is 6.92 Å². The summed E-state index contributed by atoms with van der Waals surface area (Å²) in [5.74, 6) is -0.199. The van der Waals surface area contributed by atoms with Crippen molar-refractivity contribution in [3.05, 3.63) is 83.7 Å². The molecule has 0 aromatic heterocycles. The van der Waals surface area contributed by atoms with Crippen LogP contribution in [0.15, 0.2) is 72.0 Å². The highest BCUT2D eigenvalue weighted by Crippen LogP contribution is 2.44. The smallest absolute Gasteiger partial charge is 0.295 e. The number of aromatic hydroxyl groups is 1. The normalized spacial score (nSPS) is 16.3. The number of rotatable bonds is 3. The number of hydrogen-bond donors (Lipinski definition) is 2. The van der Waals surface area contributed by atoms with Crippen LogP contribution < -0.4 is 0 Å². The number of benzene rings is 2. The van der Waals surface area contributed by atoms with E-state index in [1.165, 1.54) is 18.2 Å². The molecule has 0 amide bonds. The van der Waals surface area contributed by atoms with E-state index >= 15 is 0 Å². The van der Waals surface area contributed by atoms with Gasteiger partial charge in [-0.05, 0) is 108 Å². The van der Waals surface area contributed by atoms with Crippen LogP contribution in [0.5, 0.6) is 5.75 Å². The molecule has 0 saturated carbocycles. The molecule has 1 aliphatic rings. The van der Waals surface area contributed by atoms with Crippen molar-refractivity contribution in [2.75, 3.05) is 0 Å². The first-order valence-electron chi connectivity index (χ1n) is 8.53. The number of phenolic OH excluding ortho intramolecular Hbond substituents is 1. The van der Waals surface area contributed by atoms with E-state index in [-0.39, 0.29) is 22.0 Å². The first kappa shape index (κ1) is 23.1. The summed E-state index contributed by atoms with van der Waals surface area (Å²) < 4.78 is 35.3. The number of halogens is 3. The van der Waals surface area contributed by atoms with Crippen LogP contribution in [-0.2, 0) is 14.9 Å². The second-order valence-electron chi connectivity index (χ2n) is 6.59. The first-order chi connectivity index (χ1) is 13.9. The summed E-state index contributed by atoms with van der Waals surface area (Å²) in [6, 6.07) is 7.76. The van der Waals surface area contributed by atoms with Crippen LogP contribution in [-0.4, -0.2) is 23.9 Å². The molecule has 0 spiro atoms. The zero-order valence-corrected chi connectivity index (χ0v) is 21.3. The van der Waals surface area contributed by atoms with Crippen LogP contribution in [0.4, 0.5) is 0 Å². The van der Waals surface area contributed by atoms with Crippen LogP contribution in [0.25, 0.3) is 5.57 Å². The van der Waals surface area contributed by atoms with Crippen molar-refractivity contribution in [2.45, 2.75) is 18.7 Å². The number of hydrogen-bond acceptors (Lipinski definition) is 4. The Hall–Kier alpha value is -1.52. The molecule has 2 N–H and O–H groups in total. The van der Waals surface area contributed by atoms with Crippen molar-refractivity contribution in [3.8, 4) is 5.75 Å². The Labute approximate surface area is 199 Å². The second kappa shape index (κ2) is 8.55. The predicted molar refractivity (Wildman–Crippen MR) is 126 cm³/mol. The Balaban J connectivity index is 2.55. The SMILES string of the molecule is CC1=C(Br)C(=O)C=CC1=C(c1ccccc1S(=O)(=O)O)c1cc(Br)c(O)c(Br)c1C. The molecule has 0 fully saturated rings. The largest absolute Gasteiger partial charge is 0.506 e. The quantitative estimate of drug-likeness (QED) is 0.407.